The highest BCUT2D eigenvalue weighted by Crippen LogP contribution is 2.51. The van der Waals surface area contributed by atoms with E-state index in [2.05, 4.69) is 4.72 Å². The molecule has 2 saturated heterocycles. The van der Waals surface area contributed by atoms with E-state index in [1.165, 1.54) is 26.4 Å². The summed E-state index contributed by atoms with van der Waals surface area (Å²) in [5, 5.41) is 0.704. The molecule has 0 aromatic heterocycles. The zero-order valence-corrected chi connectivity index (χ0v) is 27.3. The highest BCUT2D eigenvalue weighted by Gasteiger charge is 2.54. The van der Waals surface area contributed by atoms with Crippen molar-refractivity contribution in [2.45, 2.75) is 48.8 Å². The number of hydrogen-bond donors (Lipinski definition) is 1. The van der Waals surface area contributed by atoms with Crippen molar-refractivity contribution >= 4 is 28.0 Å². The fourth-order valence-electron chi connectivity index (χ4n) is 5.69. The minimum Gasteiger partial charge on any atom is -0.496 e. The smallest absolute Gasteiger partial charge is 0.265 e. The molecule has 2 aliphatic rings. The lowest BCUT2D eigenvalue weighted by Gasteiger charge is -2.49. The van der Waals surface area contributed by atoms with E-state index in [0.717, 1.165) is 11.1 Å². The molecular formula is C34H36NO9PS. The lowest BCUT2D eigenvalue weighted by atomic mass is 9.96. The summed E-state index contributed by atoms with van der Waals surface area (Å²) in [7, 11) is -5.26. The van der Waals surface area contributed by atoms with Crippen molar-refractivity contribution in [3.8, 4) is 5.75 Å². The average Bonchev–Trinajstić information content (AvgIpc) is 3.09. The van der Waals surface area contributed by atoms with Gasteiger partial charge in [-0.25, -0.2) is 13.1 Å². The molecule has 10 nitrogen and oxygen atoms in total. The second-order valence-corrected chi connectivity index (χ2v) is 15.1. The molecule has 0 unspecified atom stereocenters. The summed E-state index contributed by atoms with van der Waals surface area (Å²) >= 11 is 0. The van der Waals surface area contributed by atoms with E-state index < -0.39 is 54.3 Å². The van der Waals surface area contributed by atoms with E-state index in [0.29, 0.717) is 16.4 Å². The Morgan fingerprint density at radius 1 is 0.826 bits per heavy atom. The van der Waals surface area contributed by atoms with Crippen LogP contribution in [0.2, 0.25) is 0 Å². The summed E-state index contributed by atoms with van der Waals surface area (Å²) in [6.45, 7) is 1.96. The standard InChI is InChI=1S/C34H36NO9PS/c1-23-18-20-26(21-19-23)46(37,38)35-30-32(31-28(42-34(30)40-3)22-41-33(43-31)24-12-6-4-7-13-24)44-45(36,25-14-8-5-9-15-25)29-17-11-10-16-27(29)39-2/h4-21,28,30-35H,22H2,1-3H3/t28-,30-,31-,32-,33-,34+,45+/m1/s1. The van der Waals surface area contributed by atoms with Crippen LogP contribution in [0.1, 0.15) is 17.4 Å². The molecule has 6 rings (SSSR count). The lowest BCUT2D eigenvalue weighted by molar-refractivity contribution is -0.337. The summed E-state index contributed by atoms with van der Waals surface area (Å²) in [5.41, 5.74) is 1.66. The van der Waals surface area contributed by atoms with Crippen LogP contribution in [0.3, 0.4) is 0 Å². The number of rotatable bonds is 10. The van der Waals surface area contributed by atoms with Crippen LogP contribution in [-0.2, 0) is 38.1 Å². The molecule has 1 N–H and O–H groups in total. The van der Waals surface area contributed by atoms with Gasteiger partial charge >= 0.3 is 0 Å². The molecular weight excluding hydrogens is 629 g/mol. The molecule has 4 aromatic carbocycles. The van der Waals surface area contributed by atoms with E-state index in [-0.39, 0.29) is 11.5 Å². The molecule has 0 aliphatic carbocycles. The van der Waals surface area contributed by atoms with Crippen LogP contribution in [0.15, 0.2) is 114 Å². The Kier molecular flexibility index (Phi) is 9.75. The predicted molar refractivity (Wildman–Crippen MR) is 172 cm³/mol. The first-order chi connectivity index (χ1) is 22.2. The van der Waals surface area contributed by atoms with Crippen molar-refractivity contribution in [2.75, 3.05) is 20.8 Å². The van der Waals surface area contributed by atoms with Crippen LogP contribution < -0.4 is 20.1 Å². The van der Waals surface area contributed by atoms with Gasteiger partial charge in [-0.2, -0.15) is 0 Å². The number of nitrogens with one attached hydrogen (secondary N) is 1. The molecule has 46 heavy (non-hydrogen) atoms. The van der Waals surface area contributed by atoms with E-state index in [1.807, 2.05) is 43.3 Å². The van der Waals surface area contributed by atoms with Crippen LogP contribution in [0.4, 0.5) is 0 Å². The van der Waals surface area contributed by atoms with Gasteiger partial charge in [0.25, 0.3) is 7.37 Å². The molecule has 0 radical (unpaired) electrons. The highest BCUT2D eigenvalue weighted by atomic mass is 32.2. The SMILES string of the molecule is COc1ccccc1[P@@](=O)(O[C@@H]1[C@@H](NS(=O)(=O)c2ccc(C)cc2)[C@@H](OC)O[C@@H]2CO[C@@H](c3ccccc3)O[C@@H]12)c1ccccc1. The van der Waals surface area contributed by atoms with Crippen LogP contribution in [0.5, 0.6) is 5.75 Å². The van der Waals surface area contributed by atoms with Crippen LogP contribution >= 0.6 is 7.37 Å². The van der Waals surface area contributed by atoms with Gasteiger partial charge in [-0.05, 0) is 43.3 Å². The number of ether oxygens (including phenoxy) is 5. The number of methoxy groups -OCH3 is 2. The van der Waals surface area contributed by atoms with Crippen LogP contribution in [-0.4, -0.2) is 59.9 Å². The maximum absolute atomic E-state index is 15.5. The lowest BCUT2D eigenvalue weighted by Crippen LogP contribution is -2.67. The minimum atomic E-state index is -4.14. The van der Waals surface area contributed by atoms with Crippen molar-refractivity contribution in [1.82, 2.24) is 4.72 Å². The van der Waals surface area contributed by atoms with E-state index >= 15 is 4.57 Å². The first kappa shape index (κ1) is 32.6. The Morgan fingerprint density at radius 2 is 1.48 bits per heavy atom. The largest absolute Gasteiger partial charge is 0.496 e. The molecule has 0 bridgehead atoms. The van der Waals surface area contributed by atoms with Crippen molar-refractivity contribution in [1.29, 1.82) is 0 Å². The quantitative estimate of drug-likeness (QED) is 0.245. The minimum absolute atomic E-state index is 0.0415. The van der Waals surface area contributed by atoms with Crippen molar-refractivity contribution in [2.24, 2.45) is 0 Å². The Hall–Kier alpha value is -3.38. The number of aryl methyl sites for hydroxylation is 1. The molecule has 2 heterocycles. The van der Waals surface area contributed by atoms with Gasteiger partial charge in [0.15, 0.2) is 12.6 Å². The normalized spacial score (nSPS) is 26.1. The van der Waals surface area contributed by atoms with Crippen LogP contribution in [0.25, 0.3) is 0 Å². The topological polar surface area (TPSA) is 119 Å². The van der Waals surface area contributed by atoms with Gasteiger partial charge in [-0.3, -0.25) is 4.57 Å². The number of para-hydroxylation sites is 1. The van der Waals surface area contributed by atoms with Crippen molar-refractivity contribution in [3.63, 3.8) is 0 Å². The Morgan fingerprint density at radius 3 is 2.15 bits per heavy atom. The summed E-state index contributed by atoms with van der Waals surface area (Å²) in [4.78, 5) is 0.0415. The van der Waals surface area contributed by atoms with Gasteiger partial charge in [0.2, 0.25) is 10.0 Å². The van der Waals surface area contributed by atoms with E-state index in [4.69, 9.17) is 28.2 Å². The maximum Gasteiger partial charge on any atom is 0.265 e. The zero-order chi connectivity index (χ0) is 32.3. The Labute approximate surface area is 269 Å². The fourth-order valence-corrected chi connectivity index (χ4v) is 9.34. The number of fused-ring (bicyclic) bond motifs is 1. The molecule has 2 aliphatic heterocycles. The van der Waals surface area contributed by atoms with Gasteiger partial charge in [0.1, 0.15) is 30.1 Å². The molecule has 2 fully saturated rings. The first-order valence-corrected chi connectivity index (χ1v) is 17.9. The summed E-state index contributed by atoms with van der Waals surface area (Å²) in [5.74, 6) is 0.355. The third-order valence-corrected chi connectivity index (χ3v) is 12.0. The fraction of sp³-hybridized carbons (Fsp3) is 0.294. The number of benzene rings is 4. The molecule has 0 spiro atoms. The molecule has 242 valence electrons. The third-order valence-electron chi connectivity index (χ3n) is 8.03. The monoisotopic (exact) mass is 665 g/mol. The molecule has 0 amide bonds. The highest BCUT2D eigenvalue weighted by molar-refractivity contribution is 7.89. The summed E-state index contributed by atoms with van der Waals surface area (Å²) < 4.78 is 82.8. The zero-order valence-electron chi connectivity index (χ0n) is 25.6. The van der Waals surface area contributed by atoms with Crippen LogP contribution in [0, 0.1) is 6.92 Å². The Balaban J connectivity index is 1.48. The number of hydrogen-bond acceptors (Lipinski definition) is 9. The Bertz CT molecular complexity index is 1770. The molecule has 7 atom stereocenters. The average molecular weight is 666 g/mol. The van der Waals surface area contributed by atoms with Gasteiger partial charge in [-0.1, -0.05) is 78.4 Å². The van der Waals surface area contributed by atoms with E-state index in [9.17, 15) is 8.42 Å². The molecule has 12 heteroatoms. The number of sulfonamides is 1. The van der Waals surface area contributed by atoms with Crippen molar-refractivity contribution < 1.29 is 41.2 Å². The second-order valence-electron chi connectivity index (χ2n) is 11.0. The van der Waals surface area contributed by atoms with E-state index in [1.54, 1.807) is 60.7 Å². The maximum atomic E-state index is 15.5. The molecule has 0 saturated carbocycles. The predicted octanol–water partition coefficient (Wildman–Crippen LogP) is 4.45. The van der Waals surface area contributed by atoms with Gasteiger partial charge < -0.3 is 28.2 Å². The third kappa shape index (κ3) is 6.56. The van der Waals surface area contributed by atoms with Crippen molar-refractivity contribution in [3.05, 3.63) is 120 Å². The second kappa shape index (κ2) is 13.8. The van der Waals surface area contributed by atoms with Gasteiger partial charge in [0, 0.05) is 18.0 Å². The summed E-state index contributed by atoms with van der Waals surface area (Å²) in [6.07, 6.45) is -4.81. The van der Waals surface area contributed by atoms with Gasteiger partial charge in [0.05, 0.1) is 23.9 Å². The summed E-state index contributed by atoms with van der Waals surface area (Å²) in [6, 6.07) is 30.3. The van der Waals surface area contributed by atoms with Gasteiger partial charge in [-0.15, -0.1) is 0 Å². The molecule has 4 aromatic rings. The first-order valence-electron chi connectivity index (χ1n) is 14.8.